The molecule has 0 bridgehead atoms. The summed E-state index contributed by atoms with van der Waals surface area (Å²) in [6.45, 7) is 4.41. The van der Waals surface area contributed by atoms with Crippen molar-refractivity contribution in [1.82, 2.24) is 19.9 Å². The average Bonchev–Trinajstić information content (AvgIpc) is 3.30. The smallest absolute Gasteiger partial charge is 0.368 e. The van der Waals surface area contributed by atoms with Crippen LogP contribution in [0.5, 0.6) is 0 Å². The highest BCUT2D eigenvalue weighted by molar-refractivity contribution is 5.81. The van der Waals surface area contributed by atoms with Crippen molar-refractivity contribution < 1.29 is 22.5 Å². The number of nitrogens with zero attached hydrogens (tertiary/aromatic N) is 4. The number of primary amides is 1. The third-order valence-corrected chi connectivity index (χ3v) is 5.89. The molecule has 0 spiro atoms. The molecule has 1 aromatic heterocycles. The summed E-state index contributed by atoms with van der Waals surface area (Å²) in [6, 6.07) is 13.5. The van der Waals surface area contributed by atoms with E-state index in [1.165, 1.54) is 12.1 Å². The molecule has 7 nitrogen and oxygen atoms in total. The Balaban J connectivity index is 1.43. The van der Waals surface area contributed by atoms with Gasteiger partial charge in [0.1, 0.15) is 6.04 Å². The summed E-state index contributed by atoms with van der Waals surface area (Å²) in [5.74, 6) is 0.0372. The number of carbonyl (C=O) groups excluding carboxylic acids is 1. The Morgan fingerprint density at radius 3 is 2.33 bits per heavy atom. The SMILES string of the molecule is CC(c1nc(-c2cccc(C(F)(F)F)c2)no1)N1CCN(C(C(N)=O)c2ccccc2)CC1. The van der Waals surface area contributed by atoms with E-state index in [0.717, 1.165) is 17.7 Å². The summed E-state index contributed by atoms with van der Waals surface area (Å²) in [5, 5.41) is 3.88. The predicted octanol–water partition coefficient (Wildman–Crippen LogP) is 3.66. The molecule has 0 saturated carbocycles. The van der Waals surface area contributed by atoms with Crippen LogP contribution in [0, 0.1) is 0 Å². The highest BCUT2D eigenvalue weighted by Crippen LogP contribution is 2.32. The van der Waals surface area contributed by atoms with E-state index in [1.807, 2.05) is 42.2 Å². The Labute approximate surface area is 189 Å². The molecule has 0 aliphatic carbocycles. The van der Waals surface area contributed by atoms with Crippen LogP contribution in [-0.2, 0) is 11.0 Å². The zero-order valence-electron chi connectivity index (χ0n) is 18.0. The molecule has 4 rings (SSSR count). The second-order valence-electron chi connectivity index (χ2n) is 8.00. The van der Waals surface area contributed by atoms with Crippen molar-refractivity contribution in [2.24, 2.45) is 5.73 Å². The van der Waals surface area contributed by atoms with E-state index in [-0.39, 0.29) is 17.4 Å². The van der Waals surface area contributed by atoms with Crippen LogP contribution < -0.4 is 5.73 Å². The number of aromatic nitrogens is 2. The third kappa shape index (κ3) is 5.07. The fourth-order valence-electron chi connectivity index (χ4n) is 4.09. The maximum absolute atomic E-state index is 13.0. The van der Waals surface area contributed by atoms with Gasteiger partial charge in [0.25, 0.3) is 0 Å². The molecular formula is C23H24F3N5O2. The molecule has 1 aliphatic heterocycles. The number of hydrogen-bond donors (Lipinski definition) is 1. The summed E-state index contributed by atoms with van der Waals surface area (Å²) in [6.07, 6.45) is -4.45. The summed E-state index contributed by atoms with van der Waals surface area (Å²) in [7, 11) is 0. The van der Waals surface area contributed by atoms with Crippen molar-refractivity contribution in [3.05, 3.63) is 71.6 Å². The lowest BCUT2D eigenvalue weighted by Crippen LogP contribution is -2.50. The van der Waals surface area contributed by atoms with Gasteiger partial charge in [0.05, 0.1) is 11.6 Å². The van der Waals surface area contributed by atoms with Gasteiger partial charge >= 0.3 is 6.18 Å². The molecule has 2 unspecified atom stereocenters. The van der Waals surface area contributed by atoms with Crippen molar-refractivity contribution in [1.29, 1.82) is 0 Å². The van der Waals surface area contributed by atoms with Gasteiger partial charge in [-0.05, 0) is 24.6 Å². The summed E-state index contributed by atoms with van der Waals surface area (Å²) < 4.78 is 44.4. The lowest BCUT2D eigenvalue weighted by molar-refractivity contribution is -0.137. The second-order valence-corrected chi connectivity index (χ2v) is 8.00. The molecule has 2 N–H and O–H groups in total. The zero-order valence-corrected chi connectivity index (χ0v) is 18.0. The molecule has 2 aromatic carbocycles. The van der Waals surface area contributed by atoms with Crippen LogP contribution in [0.25, 0.3) is 11.4 Å². The van der Waals surface area contributed by atoms with Crippen LogP contribution >= 0.6 is 0 Å². The minimum absolute atomic E-state index is 0.111. The molecule has 1 aliphatic rings. The van der Waals surface area contributed by atoms with Gasteiger partial charge in [-0.1, -0.05) is 47.6 Å². The van der Waals surface area contributed by atoms with Crippen LogP contribution in [0.1, 0.15) is 36.0 Å². The first kappa shape index (κ1) is 22.9. The highest BCUT2D eigenvalue weighted by atomic mass is 19.4. The number of piperazine rings is 1. The van der Waals surface area contributed by atoms with E-state index < -0.39 is 23.7 Å². The molecular weight excluding hydrogens is 435 g/mol. The molecule has 0 radical (unpaired) electrons. The normalized spacial score (nSPS) is 17.6. The molecule has 2 atom stereocenters. The number of hydrogen-bond acceptors (Lipinski definition) is 6. The Hall–Kier alpha value is -3.24. The molecule has 1 fully saturated rings. The van der Waals surface area contributed by atoms with Crippen molar-refractivity contribution in [2.45, 2.75) is 25.2 Å². The van der Waals surface area contributed by atoms with Crippen LogP contribution in [-0.4, -0.2) is 52.0 Å². The van der Waals surface area contributed by atoms with Gasteiger partial charge in [0.2, 0.25) is 17.6 Å². The van der Waals surface area contributed by atoms with Crippen molar-refractivity contribution in [2.75, 3.05) is 26.2 Å². The van der Waals surface area contributed by atoms with E-state index in [1.54, 1.807) is 0 Å². The van der Waals surface area contributed by atoms with Gasteiger partial charge in [-0.2, -0.15) is 18.2 Å². The fourth-order valence-corrected chi connectivity index (χ4v) is 4.09. The monoisotopic (exact) mass is 459 g/mol. The first-order valence-electron chi connectivity index (χ1n) is 10.6. The number of carbonyl (C=O) groups is 1. The van der Waals surface area contributed by atoms with Gasteiger partial charge in [-0.3, -0.25) is 14.6 Å². The topological polar surface area (TPSA) is 88.5 Å². The summed E-state index contributed by atoms with van der Waals surface area (Å²) in [4.78, 5) is 20.6. The van der Waals surface area contributed by atoms with Gasteiger partial charge < -0.3 is 10.3 Å². The first-order chi connectivity index (χ1) is 15.7. The highest BCUT2D eigenvalue weighted by Gasteiger charge is 2.33. The first-order valence-corrected chi connectivity index (χ1v) is 10.6. The summed E-state index contributed by atoms with van der Waals surface area (Å²) >= 11 is 0. The largest absolute Gasteiger partial charge is 0.416 e. The summed E-state index contributed by atoms with van der Waals surface area (Å²) in [5.41, 5.74) is 6.01. The molecule has 174 valence electrons. The molecule has 1 saturated heterocycles. The Morgan fingerprint density at radius 2 is 1.70 bits per heavy atom. The fraction of sp³-hybridized carbons (Fsp3) is 0.348. The minimum atomic E-state index is -4.45. The number of amides is 1. The zero-order chi connectivity index (χ0) is 23.6. The average molecular weight is 459 g/mol. The Bertz CT molecular complexity index is 1090. The Kier molecular flexibility index (Phi) is 6.48. The van der Waals surface area contributed by atoms with E-state index in [9.17, 15) is 18.0 Å². The lowest BCUT2D eigenvalue weighted by atomic mass is 10.0. The Morgan fingerprint density at radius 1 is 1.03 bits per heavy atom. The van der Waals surface area contributed by atoms with Gasteiger partial charge in [0, 0.05) is 31.7 Å². The van der Waals surface area contributed by atoms with Gasteiger partial charge in [-0.15, -0.1) is 0 Å². The van der Waals surface area contributed by atoms with E-state index in [4.69, 9.17) is 10.3 Å². The van der Waals surface area contributed by atoms with Crippen molar-refractivity contribution >= 4 is 5.91 Å². The van der Waals surface area contributed by atoms with E-state index in [0.29, 0.717) is 32.1 Å². The molecule has 10 heteroatoms. The minimum Gasteiger partial charge on any atom is -0.368 e. The molecule has 3 aromatic rings. The van der Waals surface area contributed by atoms with Crippen LogP contribution in [0.15, 0.2) is 59.1 Å². The van der Waals surface area contributed by atoms with Crippen molar-refractivity contribution in [3.63, 3.8) is 0 Å². The van der Waals surface area contributed by atoms with Gasteiger partial charge in [-0.25, -0.2) is 0 Å². The maximum Gasteiger partial charge on any atom is 0.416 e. The molecule has 33 heavy (non-hydrogen) atoms. The third-order valence-electron chi connectivity index (χ3n) is 5.89. The van der Waals surface area contributed by atoms with E-state index in [2.05, 4.69) is 15.0 Å². The van der Waals surface area contributed by atoms with E-state index >= 15 is 0 Å². The number of alkyl halides is 3. The van der Waals surface area contributed by atoms with Crippen LogP contribution in [0.3, 0.4) is 0 Å². The second kappa shape index (κ2) is 9.32. The molecule has 1 amide bonds. The quantitative estimate of drug-likeness (QED) is 0.605. The number of benzene rings is 2. The number of rotatable bonds is 6. The lowest BCUT2D eigenvalue weighted by Gasteiger charge is -2.39. The van der Waals surface area contributed by atoms with Crippen LogP contribution in [0.2, 0.25) is 0 Å². The van der Waals surface area contributed by atoms with Crippen LogP contribution in [0.4, 0.5) is 13.2 Å². The number of halogens is 3. The van der Waals surface area contributed by atoms with Gasteiger partial charge in [0.15, 0.2) is 0 Å². The molecule has 2 heterocycles. The predicted molar refractivity (Wildman–Crippen MR) is 115 cm³/mol. The maximum atomic E-state index is 13.0. The number of nitrogens with two attached hydrogens (primary N) is 1. The standard InChI is InChI=1S/C23H24F3N5O2/c1-15(22-28-21(29-33-22)17-8-5-9-18(14-17)23(24,25)26)30-10-12-31(13-11-30)19(20(27)32)16-6-3-2-4-7-16/h2-9,14-15,19H,10-13H2,1H3,(H2,27,32). The van der Waals surface area contributed by atoms with Crippen molar-refractivity contribution in [3.8, 4) is 11.4 Å².